The van der Waals surface area contributed by atoms with E-state index in [9.17, 15) is 19.7 Å². The third-order valence-electron chi connectivity index (χ3n) is 4.46. The van der Waals surface area contributed by atoms with Crippen molar-refractivity contribution in [3.63, 3.8) is 0 Å². The molecule has 32 heavy (non-hydrogen) atoms. The number of fused-ring (bicyclic) bond motifs is 1. The van der Waals surface area contributed by atoms with Crippen molar-refractivity contribution in [1.82, 2.24) is 14.5 Å². The Morgan fingerprint density at radius 2 is 1.94 bits per heavy atom. The first kappa shape index (κ1) is 21.7. The molecule has 0 saturated heterocycles. The number of benzene rings is 2. The van der Waals surface area contributed by atoms with E-state index < -0.39 is 10.8 Å². The lowest BCUT2D eigenvalue weighted by Gasteiger charge is -2.14. The number of carbonyl (C=O) groups excluding carboxylic acids is 1. The minimum Gasteiger partial charge on any atom is -0.301 e. The van der Waals surface area contributed by atoms with Gasteiger partial charge in [-0.1, -0.05) is 30.0 Å². The molecule has 1 amide bonds. The molecule has 4 rings (SSSR count). The van der Waals surface area contributed by atoms with Gasteiger partial charge in [-0.05, 0) is 60.6 Å². The normalized spacial score (nSPS) is 10.9. The van der Waals surface area contributed by atoms with Gasteiger partial charge < -0.3 is 5.32 Å². The number of thiazole rings is 1. The van der Waals surface area contributed by atoms with Crippen molar-refractivity contribution in [1.29, 1.82) is 0 Å². The number of para-hydroxylation sites is 1. The highest BCUT2D eigenvalue weighted by molar-refractivity contribution is 7.99. The lowest BCUT2D eigenvalue weighted by Crippen LogP contribution is -2.23. The summed E-state index contributed by atoms with van der Waals surface area (Å²) in [5.41, 5.74) is 2.98. The first-order valence-electron chi connectivity index (χ1n) is 9.45. The van der Waals surface area contributed by atoms with Crippen LogP contribution in [0.2, 0.25) is 0 Å². The highest BCUT2D eigenvalue weighted by Crippen LogP contribution is 2.26. The second-order valence-corrected chi connectivity index (χ2v) is 8.95. The highest BCUT2D eigenvalue weighted by atomic mass is 32.2. The minimum absolute atomic E-state index is 0.0526. The zero-order chi connectivity index (χ0) is 22.8. The van der Waals surface area contributed by atoms with Gasteiger partial charge in [0.05, 0.1) is 27.3 Å². The molecule has 2 aromatic heterocycles. The summed E-state index contributed by atoms with van der Waals surface area (Å²) in [4.78, 5) is 44.4. The third-order valence-corrected chi connectivity index (χ3v) is 6.26. The number of nitrogens with zero attached hydrogens (tertiary/aromatic N) is 4. The summed E-state index contributed by atoms with van der Waals surface area (Å²) in [6.45, 7) is 3.90. The summed E-state index contributed by atoms with van der Waals surface area (Å²) in [5, 5.41) is 14.2. The highest BCUT2D eigenvalue weighted by Gasteiger charge is 2.17. The molecule has 162 valence electrons. The van der Waals surface area contributed by atoms with Crippen molar-refractivity contribution >= 4 is 50.0 Å². The molecule has 0 fully saturated rings. The van der Waals surface area contributed by atoms with E-state index in [0.717, 1.165) is 40.4 Å². The van der Waals surface area contributed by atoms with Crippen LogP contribution in [0.25, 0.3) is 16.6 Å². The van der Waals surface area contributed by atoms with Crippen LogP contribution in [0.5, 0.6) is 0 Å². The van der Waals surface area contributed by atoms with Gasteiger partial charge in [0.15, 0.2) is 10.3 Å². The molecule has 0 aliphatic rings. The number of hydrogen-bond donors (Lipinski definition) is 1. The molecule has 4 aromatic rings. The molecule has 0 spiro atoms. The molecule has 1 N–H and O–H groups in total. The van der Waals surface area contributed by atoms with Gasteiger partial charge in [0.2, 0.25) is 5.91 Å². The molecule has 9 nitrogen and oxygen atoms in total. The predicted octanol–water partition coefficient (Wildman–Crippen LogP) is 4.10. The fraction of sp³-hybridized carbons (Fsp3) is 0.143. The first-order valence-corrected chi connectivity index (χ1v) is 11.3. The Bertz CT molecular complexity index is 1390. The molecular weight excluding hydrogens is 450 g/mol. The number of carbonyl (C=O) groups is 1. The molecule has 0 saturated carbocycles. The average molecular weight is 468 g/mol. The predicted molar refractivity (Wildman–Crippen MR) is 125 cm³/mol. The van der Waals surface area contributed by atoms with Gasteiger partial charge in [0, 0.05) is 0 Å². The van der Waals surface area contributed by atoms with Crippen molar-refractivity contribution in [2.45, 2.75) is 19.0 Å². The Kier molecular flexibility index (Phi) is 6.01. The van der Waals surface area contributed by atoms with E-state index in [0.29, 0.717) is 21.7 Å². The van der Waals surface area contributed by atoms with E-state index in [1.165, 1.54) is 4.57 Å². The van der Waals surface area contributed by atoms with Crippen LogP contribution in [0.4, 0.5) is 10.1 Å². The minimum atomic E-state index is -0.566. The Morgan fingerprint density at radius 1 is 1.22 bits per heavy atom. The van der Waals surface area contributed by atoms with Gasteiger partial charge in [-0.25, -0.2) is 9.97 Å². The lowest BCUT2D eigenvalue weighted by atomic mass is 10.1. The van der Waals surface area contributed by atoms with Crippen LogP contribution in [0.15, 0.2) is 58.6 Å². The fourth-order valence-electron chi connectivity index (χ4n) is 3.21. The molecular formula is C21H17N5O4S2. The molecule has 0 unspecified atom stereocenters. The van der Waals surface area contributed by atoms with Crippen molar-refractivity contribution in [2.75, 3.05) is 11.1 Å². The fourth-order valence-corrected chi connectivity index (χ4v) is 4.67. The molecule has 2 heterocycles. The number of nitro groups is 1. The van der Waals surface area contributed by atoms with Crippen LogP contribution >= 0.6 is 23.1 Å². The maximum atomic E-state index is 13.3. The summed E-state index contributed by atoms with van der Waals surface area (Å²) in [6.07, 6.45) is 1.09. The van der Waals surface area contributed by atoms with Crippen molar-refractivity contribution in [2.24, 2.45) is 0 Å². The summed E-state index contributed by atoms with van der Waals surface area (Å²) in [5.74, 6) is -0.461. The van der Waals surface area contributed by atoms with Gasteiger partial charge in [0.25, 0.3) is 5.56 Å². The number of aryl methyl sites for hydroxylation is 2. The lowest BCUT2D eigenvalue weighted by molar-refractivity contribution is -0.380. The first-order chi connectivity index (χ1) is 15.3. The summed E-state index contributed by atoms with van der Waals surface area (Å²) >= 11 is 1.88. The van der Waals surface area contributed by atoms with Gasteiger partial charge in [-0.2, -0.15) is 0 Å². The standard InChI is InChI=1S/C21H17N5O4S2/c1-12-7-13(2)9-14(8-12)25-19(28)15-5-3-4-6-16(15)23-21(25)31-11-17(27)24-20-22-10-18(32-20)26(29)30/h3-10H,11H2,1-2H3,(H,22,24,27). The number of thioether (sulfide) groups is 1. The molecule has 0 aliphatic carbocycles. The van der Waals surface area contributed by atoms with E-state index in [1.807, 2.05) is 32.0 Å². The number of amides is 1. The number of aromatic nitrogens is 3. The van der Waals surface area contributed by atoms with Gasteiger partial charge in [-0.15, -0.1) is 0 Å². The van der Waals surface area contributed by atoms with Crippen LogP contribution in [-0.2, 0) is 4.79 Å². The van der Waals surface area contributed by atoms with Crippen molar-refractivity contribution in [3.05, 3.63) is 80.3 Å². The Labute approximate surface area is 190 Å². The average Bonchev–Trinajstić information content (AvgIpc) is 3.20. The topological polar surface area (TPSA) is 120 Å². The smallest absolute Gasteiger partial charge is 0.301 e. The second kappa shape index (κ2) is 8.89. The summed E-state index contributed by atoms with van der Waals surface area (Å²) in [6, 6.07) is 12.8. The molecule has 2 aromatic carbocycles. The number of nitrogens with one attached hydrogen (secondary N) is 1. The van der Waals surface area contributed by atoms with Crippen LogP contribution in [0, 0.1) is 24.0 Å². The number of rotatable bonds is 6. The monoisotopic (exact) mass is 467 g/mol. The van der Waals surface area contributed by atoms with Crippen LogP contribution in [0.1, 0.15) is 11.1 Å². The quantitative estimate of drug-likeness (QED) is 0.196. The van der Waals surface area contributed by atoms with Gasteiger partial charge >= 0.3 is 5.00 Å². The summed E-state index contributed by atoms with van der Waals surface area (Å²) < 4.78 is 1.51. The van der Waals surface area contributed by atoms with Crippen molar-refractivity contribution < 1.29 is 9.72 Å². The SMILES string of the molecule is Cc1cc(C)cc(-n2c(SCC(=O)Nc3ncc([N+](=O)[O-])s3)nc3ccccc3c2=O)c1. The third kappa shape index (κ3) is 4.53. The van der Waals surface area contributed by atoms with Crippen molar-refractivity contribution in [3.8, 4) is 5.69 Å². The zero-order valence-corrected chi connectivity index (χ0v) is 18.7. The molecule has 11 heteroatoms. The Morgan fingerprint density at radius 3 is 2.62 bits per heavy atom. The van der Waals surface area contributed by atoms with Crippen LogP contribution in [0.3, 0.4) is 0 Å². The van der Waals surface area contributed by atoms with Crippen LogP contribution in [-0.4, -0.2) is 31.1 Å². The van der Waals surface area contributed by atoms with E-state index in [-0.39, 0.29) is 21.4 Å². The Hall–Kier alpha value is -3.57. The second-order valence-electron chi connectivity index (χ2n) is 7.00. The maximum absolute atomic E-state index is 13.3. The molecule has 0 radical (unpaired) electrons. The molecule has 0 aliphatic heterocycles. The van der Waals surface area contributed by atoms with Gasteiger partial charge in [-0.3, -0.25) is 24.3 Å². The zero-order valence-electron chi connectivity index (χ0n) is 17.1. The van der Waals surface area contributed by atoms with Gasteiger partial charge in [0.1, 0.15) is 6.20 Å². The summed E-state index contributed by atoms with van der Waals surface area (Å²) in [7, 11) is 0. The molecule has 0 bridgehead atoms. The van der Waals surface area contributed by atoms with Crippen LogP contribution < -0.4 is 10.9 Å². The maximum Gasteiger partial charge on any atom is 0.345 e. The Balaban J connectivity index is 1.67. The van der Waals surface area contributed by atoms with E-state index in [1.54, 1.807) is 24.3 Å². The van der Waals surface area contributed by atoms with E-state index in [2.05, 4.69) is 15.3 Å². The largest absolute Gasteiger partial charge is 0.345 e. The molecule has 0 atom stereocenters. The van der Waals surface area contributed by atoms with E-state index in [4.69, 9.17) is 0 Å². The number of hydrogen-bond acceptors (Lipinski definition) is 8. The number of anilines is 1. The van der Waals surface area contributed by atoms with E-state index >= 15 is 0 Å².